The molecule has 0 aromatic heterocycles. The summed E-state index contributed by atoms with van der Waals surface area (Å²) in [6.45, 7) is 3.07. The summed E-state index contributed by atoms with van der Waals surface area (Å²) in [5, 5.41) is 3.07. The Bertz CT molecular complexity index is 721. The molecule has 1 aromatic carbocycles. The Kier molecular flexibility index (Phi) is 6.28. The quantitative estimate of drug-likeness (QED) is 0.676. The Morgan fingerprint density at radius 2 is 1.62 bits per heavy atom. The number of carbonyl (C=O) groups is 3. The lowest BCUT2D eigenvalue weighted by Gasteiger charge is -2.25. The number of quaternary nitrogens is 1. The van der Waals surface area contributed by atoms with Gasteiger partial charge in [-0.15, -0.1) is 0 Å². The van der Waals surface area contributed by atoms with Gasteiger partial charge in [0.1, 0.15) is 6.04 Å². The molecule has 29 heavy (non-hydrogen) atoms. The molecule has 3 fully saturated rings. The molecule has 0 unspecified atom stereocenters. The number of imide groups is 1. The minimum atomic E-state index is -0.138. The van der Waals surface area contributed by atoms with Crippen molar-refractivity contribution in [2.45, 2.75) is 51.0 Å². The molecule has 0 spiro atoms. The van der Waals surface area contributed by atoms with Gasteiger partial charge in [0.15, 0.2) is 0 Å². The average Bonchev–Trinajstić information content (AvgIpc) is 3.36. The fraction of sp³-hybridized carbons (Fsp3) is 0.609. The molecule has 2 N–H and O–H groups in total. The molecule has 6 nitrogen and oxygen atoms in total. The van der Waals surface area contributed by atoms with Gasteiger partial charge in [0.05, 0.1) is 31.5 Å². The predicted octanol–water partition coefficient (Wildman–Crippen LogP) is 1.09. The Hall–Kier alpha value is -2.21. The van der Waals surface area contributed by atoms with E-state index in [-0.39, 0.29) is 48.6 Å². The maximum absolute atomic E-state index is 12.6. The standard InChI is InChI=1S/C23H31N3O3/c27-21(12-15-26-22(28)18-10-4-5-11-19(18)23(26)29)24-16-20(25-13-6-7-14-25)17-8-2-1-3-9-17/h1-3,8-9,18-20H,4-7,10-16H2,(H,24,27)/p+1/t18-,19-,20+/m0/s1. The van der Waals surface area contributed by atoms with Crippen molar-refractivity contribution in [2.24, 2.45) is 11.8 Å². The van der Waals surface area contributed by atoms with E-state index in [0.717, 1.165) is 38.8 Å². The van der Waals surface area contributed by atoms with Crippen LogP contribution in [0.25, 0.3) is 0 Å². The second-order valence-electron chi connectivity index (χ2n) is 8.71. The zero-order valence-corrected chi connectivity index (χ0v) is 17.1. The Morgan fingerprint density at radius 1 is 1.00 bits per heavy atom. The number of hydrogen-bond acceptors (Lipinski definition) is 3. The van der Waals surface area contributed by atoms with Gasteiger partial charge < -0.3 is 10.2 Å². The molecule has 2 aliphatic heterocycles. The van der Waals surface area contributed by atoms with E-state index in [0.29, 0.717) is 6.54 Å². The Labute approximate surface area is 172 Å². The normalized spacial score (nSPS) is 25.9. The van der Waals surface area contributed by atoms with E-state index in [1.54, 1.807) is 0 Å². The Morgan fingerprint density at radius 3 is 2.24 bits per heavy atom. The molecule has 3 aliphatic rings. The first kappa shape index (κ1) is 20.1. The zero-order valence-electron chi connectivity index (χ0n) is 17.1. The zero-order chi connectivity index (χ0) is 20.2. The van der Waals surface area contributed by atoms with Gasteiger partial charge in [-0.2, -0.15) is 0 Å². The molecule has 6 heteroatoms. The van der Waals surface area contributed by atoms with Crippen LogP contribution in [0.5, 0.6) is 0 Å². The van der Waals surface area contributed by atoms with Gasteiger partial charge in [0.2, 0.25) is 17.7 Å². The second-order valence-corrected chi connectivity index (χ2v) is 8.71. The lowest BCUT2D eigenvalue weighted by molar-refractivity contribution is -0.918. The summed E-state index contributed by atoms with van der Waals surface area (Å²) < 4.78 is 0. The predicted molar refractivity (Wildman–Crippen MR) is 109 cm³/mol. The molecule has 0 radical (unpaired) electrons. The van der Waals surface area contributed by atoms with E-state index >= 15 is 0 Å². The van der Waals surface area contributed by atoms with Crippen molar-refractivity contribution < 1.29 is 19.3 Å². The van der Waals surface area contributed by atoms with Crippen LogP contribution in [0, 0.1) is 11.8 Å². The highest BCUT2D eigenvalue weighted by atomic mass is 16.2. The first-order valence-corrected chi connectivity index (χ1v) is 11.2. The Balaban J connectivity index is 1.31. The maximum Gasteiger partial charge on any atom is 0.233 e. The maximum atomic E-state index is 12.6. The molecule has 2 heterocycles. The number of amides is 3. The van der Waals surface area contributed by atoms with Gasteiger partial charge in [-0.25, -0.2) is 0 Å². The highest BCUT2D eigenvalue weighted by Gasteiger charge is 2.47. The van der Waals surface area contributed by atoms with Crippen molar-refractivity contribution in [2.75, 3.05) is 26.2 Å². The first-order valence-electron chi connectivity index (χ1n) is 11.2. The average molecular weight is 399 g/mol. The molecule has 1 saturated carbocycles. The highest BCUT2D eigenvalue weighted by Crippen LogP contribution is 2.37. The van der Waals surface area contributed by atoms with Gasteiger partial charge in [0, 0.05) is 31.4 Å². The van der Waals surface area contributed by atoms with Crippen LogP contribution in [0.4, 0.5) is 0 Å². The number of rotatable bonds is 7. The van der Waals surface area contributed by atoms with Crippen LogP contribution in [0.3, 0.4) is 0 Å². The van der Waals surface area contributed by atoms with Crippen molar-refractivity contribution in [1.82, 2.24) is 10.2 Å². The molecule has 1 aliphatic carbocycles. The summed E-state index contributed by atoms with van der Waals surface area (Å²) in [6, 6.07) is 10.6. The van der Waals surface area contributed by atoms with Crippen LogP contribution < -0.4 is 10.2 Å². The largest absolute Gasteiger partial charge is 0.350 e. The van der Waals surface area contributed by atoms with E-state index < -0.39 is 0 Å². The number of carbonyl (C=O) groups excluding carboxylic acids is 3. The van der Waals surface area contributed by atoms with Crippen molar-refractivity contribution in [1.29, 1.82) is 0 Å². The molecule has 4 rings (SSSR count). The van der Waals surface area contributed by atoms with E-state index in [2.05, 4.69) is 17.4 Å². The lowest BCUT2D eigenvalue weighted by atomic mass is 9.81. The molecular weight excluding hydrogens is 366 g/mol. The monoisotopic (exact) mass is 398 g/mol. The van der Waals surface area contributed by atoms with Crippen molar-refractivity contribution >= 4 is 17.7 Å². The van der Waals surface area contributed by atoms with Gasteiger partial charge >= 0.3 is 0 Å². The summed E-state index contributed by atoms with van der Waals surface area (Å²) in [5.41, 5.74) is 1.25. The number of likely N-dealkylation sites (tertiary alicyclic amines) is 2. The van der Waals surface area contributed by atoms with Crippen LogP contribution in [0.1, 0.15) is 56.6 Å². The van der Waals surface area contributed by atoms with Gasteiger partial charge in [-0.1, -0.05) is 43.2 Å². The lowest BCUT2D eigenvalue weighted by Crippen LogP contribution is -3.11. The minimum Gasteiger partial charge on any atom is -0.350 e. The van der Waals surface area contributed by atoms with Crippen LogP contribution in [-0.2, 0) is 14.4 Å². The van der Waals surface area contributed by atoms with Crippen molar-refractivity contribution in [3.05, 3.63) is 35.9 Å². The summed E-state index contributed by atoms with van der Waals surface area (Å²) >= 11 is 0. The molecule has 0 bridgehead atoms. The smallest absolute Gasteiger partial charge is 0.233 e. The van der Waals surface area contributed by atoms with Gasteiger partial charge in [-0.3, -0.25) is 19.3 Å². The second kappa shape index (κ2) is 9.08. The van der Waals surface area contributed by atoms with Crippen LogP contribution >= 0.6 is 0 Å². The highest BCUT2D eigenvalue weighted by molar-refractivity contribution is 6.05. The molecule has 156 valence electrons. The summed E-state index contributed by atoms with van der Waals surface area (Å²) in [5.74, 6) is -0.478. The third-order valence-electron chi connectivity index (χ3n) is 6.94. The van der Waals surface area contributed by atoms with Crippen molar-refractivity contribution in [3.8, 4) is 0 Å². The molecule has 2 saturated heterocycles. The van der Waals surface area contributed by atoms with E-state index in [1.165, 1.54) is 28.2 Å². The minimum absolute atomic E-state index is 0.0591. The van der Waals surface area contributed by atoms with Crippen LogP contribution in [-0.4, -0.2) is 48.8 Å². The summed E-state index contributed by atoms with van der Waals surface area (Å²) in [6.07, 6.45) is 6.32. The number of nitrogens with zero attached hydrogens (tertiary/aromatic N) is 1. The van der Waals surface area contributed by atoms with E-state index in [4.69, 9.17) is 0 Å². The number of hydrogen-bond donors (Lipinski definition) is 2. The first-order chi connectivity index (χ1) is 14.1. The third-order valence-corrected chi connectivity index (χ3v) is 6.94. The fourth-order valence-corrected chi connectivity index (χ4v) is 5.33. The number of fused-ring (bicyclic) bond motifs is 1. The van der Waals surface area contributed by atoms with Crippen molar-refractivity contribution in [3.63, 3.8) is 0 Å². The van der Waals surface area contributed by atoms with E-state index in [9.17, 15) is 14.4 Å². The topological polar surface area (TPSA) is 70.9 Å². The number of benzene rings is 1. The van der Waals surface area contributed by atoms with E-state index in [1.807, 2.05) is 18.2 Å². The molecule has 1 aromatic rings. The van der Waals surface area contributed by atoms with Crippen LogP contribution in [0.2, 0.25) is 0 Å². The molecule has 3 amide bonds. The van der Waals surface area contributed by atoms with Gasteiger partial charge in [-0.05, 0) is 12.8 Å². The van der Waals surface area contributed by atoms with Gasteiger partial charge in [0.25, 0.3) is 0 Å². The number of nitrogens with one attached hydrogen (secondary N) is 2. The summed E-state index contributed by atoms with van der Waals surface area (Å²) in [4.78, 5) is 40.5. The third kappa shape index (κ3) is 4.37. The SMILES string of the molecule is O=C(CCN1C(=O)[C@H]2CCCC[C@@H]2C1=O)NC[C@H](c1ccccc1)[NH+]1CCCC1. The summed E-state index contributed by atoms with van der Waals surface area (Å²) in [7, 11) is 0. The fourth-order valence-electron chi connectivity index (χ4n) is 5.33. The van der Waals surface area contributed by atoms with Crippen LogP contribution in [0.15, 0.2) is 30.3 Å². The molecular formula is C23H32N3O3+. The molecule has 3 atom stereocenters.